The molecule has 0 aliphatic heterocycles. The Morgan fingerprint density at radius 2 is 2.00 bits per heavy atom. The van der Waals surface area contributed by atoms with Crippen molar-refractivity contribution in [3.05, 3.63) is 59.8 Å². The van der Waals surface area contributed by atoms with Crippen molar-refractivity contribution in [3.63, 3.8) is 0 Å². The van der Waals surface area contributed by atoms with Crippen LogP contribution in [0.3, 0.4) is 0 Å². The Hall–Kier alpha value is -2.46. The largest absolute Gasteiger partial charge is 0.419 e. The summed E-state index contributed by atoms with van der Waals surface area (Å²) in [6.07, 6.45) is 1.37. The number of amides is 1. The van der Waals surface area contributed by atoms with Gasteiger partial charge < -0.3 is 9.72 Å². The van der Waals surface area contributed by atoms with Crippen molar-refractivity contribution in [2.45, 2.75) is 6.92 Å². The highest BCUT2D eigenvalue weighted by atomic mass is 35.5. The van der Waals surface area contributed by atoms with Crippen LogP contribution in [0.4, 0.5) is 10.5 Å². The number of nitrogens with zero attached hydrogens (tertiary/aromatic N) is 1. The summed E-state index contributed by atoms with van der Waals surface area (Å²) in [5.74, 6) is 0.517. The van der Waals surface area contributed by atoms with E-state index in [4.69, 9.17) is 16.3 Å². The maximum atomic E-state index is 12.4. The number of H-pyrrole nitrogens is 1. The third-order valence-electron chi connectivity index (χ3n) is 3.40. The molecule has 1 N–H and O–H groups in total. The maximum Gasteiger partial charge on any atom is 0.419 e. The third kappa shape index (κ3) is 2.78. The van der Waals surface area contributed by atoms with Crippen molar-refractivity contribution in [1.82, 2.24) is 4.98 Å². The second-order valence-electron chi connectivity index (χ2n) is 4.79. The Bertz CT molecular complexity index is 799. The molecule has 1 amide bonds. The van der Waals surface area contributed by atoms with Gasteiger partial charge in [-0.1, -0.05) is 29.8 Å². The number of ether oxygens (including phenoxy) is 1. The molecule has 0 fully saturated rings. The maximum absolute atomic E-state index is 12.4. The molecule has 1 aromatic heterocycles. The summed E-state index contributed by atoms with van der Waals surface area (Å²) in [5.41, 5.74) is 1.67. The number of halogens is 1. The smallest absolute Gasteiger partial charge is 0.410 e. The first-order valence-corrected chi connectivity index (χ1v) is 7.38. The molecule has 2 aromatic carbocycles. The van der Waals surface area contributed by atoms with E-state index in [0.29, 0.717) is 17.3 Å². The van der Waals surface area contributed by atoms with Crippen LogP contribution >= 0.6 is 11.6 Å². The van der Waals surface area contributed by atoms with Gasteiger partial charge in [0.05, 0.1) is 5.69 Å². The third-order valence-corrected chi connectivity index (χ3v) is 3.63. The number of rotatable bonds is 3. The SMILES string of the molecule is CCN(C(=O)Oc1ccccc1)c1c[nH]c2ccc(Cl)cc12. The van der Waals surface area contributed by atoms with Crippen molar-refractivity contribution >= 4 is 34.3 Å². The molecule has 0 saturated heterocycles. The van der Waals surface area contributed by atoms with Gasteiger partial charge in [0.15, 0.2) is 0 Å². The van der Waals surface area contributed by atoms with Crippen LogP contribution in [0.15, 0.2) is 54.7 Å². The molecule has 0 spiro atoms. The quantitative estimate of drug-likeness (QED) is 0.751. The lowest BCUT2D eigenvalue weighted by Gasteiger charge is -2.19. The molecule has 3 aromatic rings. The minimum Gasteiger partial charge on any atom is -0.410 e. The first-order chi connectivity index (χ1) is 10.7. The Balaban J connectivity index is 1.92. The van der Waals surface area contributed by atoms with Crippen LogP contribution in [0.1, 0.15) is 6.92 Å². The summed E-state index contributed by atoms with van der Waals surface area (Å²) in [5, 5.41) is 1.51. The van der Waals surface area contributed by atoms with Gasteiger partial charge in [0, 0.05) is 28.7 Å². The summed E-state index contributed by atoms with van der Waals surface area (Å²) in [7, 11) is 0. The average Bonchev–Trinajstić information content (AvgIpc) is 2.92. The standard InChI is InChI=1S/C17H15ClN2O2/c1-2-20(17(21)22-13-6-4-3-5-7-13)16-11-19-15-9-8-12(18)10-14(15)16/h3-11,19H,2H2,1H3. The van der Waals surface area contributed by atoms with Gasteiger partial charge in [0.1, 0.15) is 5.75 Å². The molecule has 0 aliphatic rings. The first-order valence-electron chi connectivity index (χ1n) is 7.00. The lowest BCUT2D eigenvalue weighted by atomic mass is 10.2. The fraction of sp³-hybridized carbons (Fsp3) is 0.118. The van der Waals surface area contributed by atoms with Crippen molar-refractivity contribution in [2.24, 2.45) is 0 Å². The lowest BCUT2D eigenvalue weighted by molar-refractivity contribution is 0.208. The minimum absolute atomic E-state index is 0.422. The number of anilines is 1. The van der Waals surface area contributed by atoms with E-state index in [2.05, 4.69) is 4.98 Å². The highest BCUT2D eigenvalue weighted by molar-refractivity contribution is 6.31. The highest BCUT2D eigenvalue weighted by Gasteiger charge is 2.19. The van der Waals surface area contributed by atoms with E-state index in [0.717, 1.165) is 16.6 Å². The normalized spacial score (nSPS) is 10.6. The number of carbonyl (C=O) groups is 1. The number of carbonyl (C=O) groups excluding carboxylic acids is 1. The topological polar surface area (TPSA) is 45.3 Å². The van der Waals surface area contributed by atoms with E-state index in [-0.39, 0.29) is 0 Å². The lowest BCUT2D eigenvalue weighted by Crippen LogP contribution is -2.33. The molecule has 4 nitrogen and oxygen atoms in total. The molecule has 22 heavy (non-hydrogen) atoms. The molecule has 3 rings (SSSR count). The molecular formula is C17H15ClN2O2. The van der Waals surface area contributed by atoms with Crippen LogP contribution in [0, 0.1) is 0 Å². The molecule has 112 valence electrons. The number of fused-ring (bicyclic) bond motifs is 1. The van der Waals surface area contributed by atoms with Crippen LogP contribution in [0.25, 0.3) is 10.9 Å². The van der Waals surface area contributed by atoms with Gasteiger partial charge in [-0.3, -0.25) is 4.90 Å². The van der Waals surface area contributed by atoms with Crippen LogP contribution in [-0.4, -0.2) is 17.6 Å². The monoisotopic (exact) mass is 314 g/mol. The molecule has 0 atom stereocenters. The summed E-state index contributed by atoms with van der Waals surface area (Å²) < 4.78 is 5.41. The zero-order valence-corrected chi connectivity index (χ0v) is 12.8. The molecule has 5 heteroatoms. The molecule has 0 radical (unpaired) electrons. The van der Waals surface area contributed by atoms with Crippen molar-refractivity contribution in [1.29, 1.82) is 0 Å². The van der Waals surface area contributed by atoms with Crippen LogP contribution in [0.5, 0.6) is 5.75 Å². The van der Waals surface area contributed by atoms with Crippen LogP contribution in [0.2, 0.25) is 5.02 Å². The second kappa shape index (κ2) is 6.12. The number of hydrogen-bond donors (Lipinski definition) is 1. The number of nitrogens with one attached hydrogen (secondary N) is 1. The van der Waals surface area contributed by atoms with E-state index < -0.39 is 6.09 Å². The zero-order chi connectivity index (χ0) is 15.5. The molecule has 1 heterocycles. The number of hydrogen-bond acceptors (Lipinski definition) is 2. The van der Waals surface area contributed by atoms with Crippen LogP contribution in [-0.2, 0) is 0 Å². The number of benzene rings is 2. The van der Waals surface area contributed by atoms with E-state index >= 15 is 0 Å². The average molecular weight is 315 g/mol. The fourth-order valence-electron chi connectivity index (χ4n) is 2.34. The van der Waals surface area contributed by atoms with Crippen LogP contribution < -0.4 is 9.64 Å². The Labute approximate surface area is 133 Å². The summed E-state index contributed by atoms with van der Waals surface area (Å²) in [6, 6.07) is 14.5. The van der Waals surface area contributed by atoms with E-state index in [1.165, 1.54) is 0 Å². The van der Waals surface area contributed by atoms with Gasteiger partial charge in [-0.25, -0.2) is 4.79 Å². The Morgan fingerprint density at radius 1 is 1.23 bits per heavy atom. The summed E-state index contributed by atoms with van der Waals surface area (Å²) in [4.78, 5) is 17.1. The Kier molecular flexibility index (Phi) is 4.02. The number of aromatic nitrogens is 1. The van der Waals surface area contributed by atoms with Gasteiger partial charge in [-0.2, -0.15) is 0 Å². The van der Waals surface area contributed by atoms with Gasteiger partial charge in [-0.05, 0) is 37.3 Å². The highest BCUT2D eigenvalue weighted by Crippen LogP contribution is 2.29. The zero-order valence-electron chi connectivity index (χ0n) is 12.0. The molecule has 0 aliphatic carbocycles. The fourth-order valence-corrected chi connectivity index (χ4v) is 2.52. The van der Waals surface area contributed by atoms with Gasteiger partial charge in [0.2, 0.25) is 0 Å². The van der Waals surface area contributed by atoms with Gasteiger partial charge in [-0.15, -0.1) is 0 Å². The van der Waals surface area contributed by atoms with Crippen molar-refractivity contribution in [2.75, 3.05) is 11.4 Å². The molecule has 0 bridgehead atoms. The number of para-hydroxylation sites is 1. The minimum atomic E-state index is -0.422. The summed E-state index contributed by atoms with van der Waals surface area (Å²) in [6.45, 7) is 2.39. The number of aromatic amines is 1. The molecule has 0 unspecified atom stereocenters. The first kappa shape index (κ1) is 14.5. The van der Waals surface area contributed by atoms with E-state index in [9.17, 15) is 4.79 Å². The second-order valence-corrected chi connectivity index (χ2v) is 5.23. The Morgan fingerprint density at radius 3 is 2.73 bits per heavy atom. The predicted octanol–water partition coefficient (Wildman–Crippen LogP) is 4.85. The van der Waals surface area contributed by atoms with E-state index in [1.54, 1.807) is 23.2 Å². The van der Waals surface area contributed by atoms with Gasteiger partial charge in [0.25, 0.3) is 0 Å². The molecular weight excluding hydrogens is 300 g/mol. The predicted molar refractivity (Wildman–Crippen MR) is 88.8 cm³/mol. The molecule has 0 saturated carbocycles. The van der Waals surface area contributed by atoms with E-state index in [1.807, 2.05) is 43.3 Å². The van der Waals surface area contributed by atoms with Crippen molar-refractivity contribution in [3.8, 4) is 5.75 Å². The van der Waals surface area contributed by atoms with Gasteiger partial charge >= 0.3 is 6.09 Å². The van der Waals surface area contributed by atoms with Crippen molar-refractivity contribution < 1.29 is 9.53 Å². The summed E-state index contributed by atoms with van der Waals surface area (Å²) >= 11 is 6.06.